The molecule has 0 radical (unpaired) electrons. The monoisotopic (exact) mass is 980 g/mol. The van der Waals surface area contributed by atoms with E-state index in [9.17, 15) is 9.18 Å². The Balaban J connectivity index is 0.000000444. The van der Waals surface area contributed by atoms with Crippen molar-refractivity contribution in [2.75, 3.05) is 0 Å². The van der Waals surface area contributed by atoms with Gasteiger partial charge >= 0.3 is 0 Å². The Morgan fingerprint density at radius 2 is 0.831 bits per heavy atom. The van der Waals surface area contributed by atoms with Gasteiger partial charge in [-0.2, -0.15) is 14.6 Å². The number of aromatic amines is 2. The predicted octanol–water partition coefficient (Wildman–Crippen LogP) is 16.5. The first-order valence-electron chi connectivity index (χ1n) is 25.6. The van der Waals surface area contributed by atoms with Crippen molar-refractivity contribution in [1.82, 2.24) is 35.1 Å². The maximum Gasteiger partial charge on any atom is 0.248 e. The summed E-state index contributed by atoms with van der Waals surface area (Å²) in [6.45, 7) is 64.4. The predicted molar refractivity (Wildman–Crippen MR) is 303 cm³/mol. The molecule has 0 saturated heterocycles. The van der Waals surface area contributed by atoms with E-state index in [4.69, 9.17) is 0 Å². The molecular formula is C62H102FN7O. The maximum absolute atomic E-state index is 13.5. The number of nitrogens with zero attached hydrogens (tertiary/aromatic N) is 5. The number of rotatable bonds is 0. The number of nitrogens with one attached hydrogen (secondary N) is 2. The van der Waals surface area contributed by atoms with Gasteiger partial charge in [0, 0.05) is 74.4 Å². The average Bonchev–Trinajstić information content (AvgIpc) is 3.69. The van der Waals surface area contributed by atoms with Gasteiger partial charge in [-0.25, -0.2) is 9.97 Å². The summed E-state index contributed by atoms with van der Waals surface area (Å²) in [6.07, 6.45) is 7.35. The fraction of sp³-hybridized carbons (Fsp3) is 0.645. The molecule has 0 unspecified atom stereocenters. The third-order valence-corrected chi connectivity index (χ3v) is 11.8. The molecule has 0 amide bonds. The van der Waals surface area contributed by atoms with Crippen molar-refractivity contribution in [2.45, 2.75) is 262 Å². The van der Waals surface area contributed by atoms with Gasteiger partial charge in [0.05, 0.1) is 11.9 Å². The molecule has 5 rings (SSSR count). The minimum Gasteiger partial charge on any atom is -0.345 e. The van der Waals surface area contributed by atoms with Crippen molar-refractivity contribution in [3.8, 4) is 0 Å². The molecule has 0 bridgehead atoms. The molecule has 71 heavy (non-hydrogen) atoms. The van der Waals surface area contributed by atoms with Crippen LogP contribution in [-0.2, 0) is 54.1 Å². The van der Waals surface area contributed by atoms with Crippen molar-refractivity contribution in [1.29, 1.82) is 0 Å². The number of hydrogen-bond acceptors (Lipinski definition) is 6. The lowest BCUT2D eigenvalue weighted by Crippen LogP contribution is -2.23. The second-order valence-corrected chi connectivity index (χ2v) is 29.6. The Bertz CT molecular complexity index is 2300. The second kappa shape index (κ2) is 23.1. The highest BCUT2D eigenvalue weighted by molar-refractivity contribution is 5.31. The maximum atomic E-state index is 13.5. The third kappa shape index (κ3) is 22.0. The fourth-order valence-corrected chi connectivity index (χ4v) is 6.30. The minimum atomic E-state index is -0.351. The van der Waals surface area contributed by atoms with E-state index in [-0.39, 0.29) is 65.7 Å². The highest BCUT2D eigenvalue weighted by Gasteiger charge is 2.26. The van der Waals surface area contributed by atoms with Gasteiger partial charge in [-0.05, 0) is 79.7 Å². The third-order valence-electron chi connectivity index (χ3n) is 11.8. The first kappa shape index (κ1) is 64.5. The Hall–Kier alpha value is -4.53. The van der Waals surface area contributed by atoms with Crippen LogP contribution in [0.3, 0.4) is 0 Å². The molecule has 398 valence electrons. The van der Waals surface area contributed by atoms with Crippen LogP contribution in [0.5, 0.6) is 0 Å². The smallest absolute Gasteiger partial charge is 0.248 e. The Morgan fingerprint density at radius 3 is 1.21 bits per heavy atom. The van der Waals surface area contributed by atoms with Crippen molar-refractivity contribution in [3.63, 3.8) is 0 Å². The van der Waals surface area contributed by atoms with Crippen molar-refractivity contribution in [3.05, 3.63) is 134 Å². The molecule has 9 heteroatoms. The van der Waals surface area contributed by atoms with Gasteiger partial charge in [-0.15, -0.1) is 0 Å². The van der Waals surface area contributed by atoms with Crippen molar-refractivity contribution >= 4 is 0 Å². The second-order valence-electron chi connectivity index (χ2n) is 29.6. The molecular weight excluding hydrogens is 878 g/mol. The number of halogens is 1. The molecule has 0 aromatic carbocycles. The molecule has 0 aliphatic carbocycles. The minimum absolute atomic E-state index is 0.00708. The van der Waals surface area contributed by atoms with E-state index in [0.717, 1.165) is 28.3 Å². The molecule has 0 aliphatic heterocycles. The van der Waals surface area contributed by atoms with Gasteiger partial charge in [0.25, 0.3) is 0 Å². The van der Waals surface area contributed by atoms with E-state index in [1.54, 1.807) is 12.3 Å². The van der Waals surface area contributed by atoms with Crippen LogP contribution in [0, 0.1) is 5.95 Å². The van der Waals surface area contributed by atoms with Gasteiger partial charge in [-0.1, -0.05) is 208 Å². The van der Waals surface area contributed by atoms with Crippen LogP contribution >= 0.6 is 0 Å². The lowest BCUT2D eigenvalue weighted by Gasteiger charge is -2.24. The standard InChI is InChI=1S/C13H20FN.C13H21NO.C13H21N.C12H20N2.C11H20N2/c1-12(2,3)9-7-10(13(4,5)6)11(14)15-8-9;1-12(2,3)9-7-10(13(4,5)6)14-11(15)8-9;1-12(2,3)10-7-8-14-11(9-10)13(4,5)6;1-11(2,3)9-7-10(12(4,5)6)14-13-8-9;1-10(2,3)8-7-12-9(13-8)11(4,5)6/h7-8H,1-6H3;7-8H,1-6H3,(H,14,15);7-9H,1-6H3;7-8H,1-6H3;7H,1-6H3,(H,12,13). The van der Waals surface area contributed by atoms with Gasteiger partial charge in [0.1, 0.15) is 5.82 Å². The SMILES string of the molecule is CC(C)(C)c1cc(C(C)(C)C)[nH]c(=O)c1.CC(C)(C)c1ccnc(C(C)(C)C)c1.CC(C)(C)c1cnc(C(C)(C)C)[nH]1.CC(C)(C)c1cnc(F)c(C(C)(C)C)c1.CC(C)(C)c1cnnc(C(C)(C)C)c1. The molecule has 0 saturated carbocycles. The quantitative estimate of drug-likeness (QED) is 0.149. The molecule has 8 nitrogen and oxygen atoms in total. The van der Waals surface area contributed by atoms with Gasteiger partial charge in [-0.3, -0.25) is 9.78 Å². The Labute approximate surface area is 433 Å². The zero-order valence-corrected chi connectivity index (χ0v) is 50.8. The summed E-state index contributed by atoms with van der Waals surface area (Å²) in [7, 11) is 0. The van der Waals surface area contributed by atoms with E-state index in [1.165, 1.54) is 22.5 Å². The molecule has 2 N–H and O–H groups in total. The molecule has 0 atom stereocenters. The van der Waals surface area contributed by atoms with Crippen LogP contribution in [0.2, 0.25) is 0 Å². The van der Waals surface area contributed by atoms with E-state index in [1.807, 2.05) is 45.4 Å². The summed E-state index contributed by atoms with van der Waals surface area (Å²) in [5.74, 6) is 0.716. The summed E-state index contributed by atoms with van der Waals surface area (Å²) in [5, 5.41) is 8.24. The molecule has 5 aromatic rings. The fourth-order valence-electron chi connectivity index (χ4n) is 6.30. The number of pyridine rings is 3. The number of hydrogen-bond donors (Lipinski definition) is 2. The topological polar surface area (TPSA) is 113 Å². The molecule has 5 aromatic heterocycles. The van der Waals surface area contributed by atoms with Crippen LogP contribution < -0.4 is 5.56 Å². The van der Waals surface area contributed by atoms with Crippen molar-refractivity contribution < 1.29 is 4.39 Å². The van der Waals surface area contributed by atoms with Crippen LogP contribution in [0.15, 0.2) is 66.0 Å². The van der Waals surface area contributed by atoms with Gasteiger partial charge in [0.15, 0.2) is 0 Å². The summed E-state index contributed by atoms with van der Waals surface area (Å²) in [5.41, 5.74) is 10.6. The number of imidazole rings is 1. The van der Waals surface area contributed by atoms with Gasteiger partial charge in [0.2, 0.25) is 11.5 Å². The number of H-pyrrole nitrogens is 2. The van der Waals surface area contributed by atoms with Crippen LogP contribution in [0.4, 0.5) is 4.39 Å². The average molecular weight is 981 g/mol. The summed E-state index contributed by atoms with van der Waals surface area (Å²) < 4.78 is 13.5. The summed E-state index contributed by atoms with van der Waals surface area (Å²) >= 11 is 0. The van der Waals surface area contributed by atoms with E-state index >= 15 is 0 Å². The largest absolute Gasteiger partial charge is 0.345 e. The highest BCUT2D eigenvalue weighted by Crippen LogP contribution is 2.31. The van der Waals surface area contributed by atoms with Gasteiger partial charge < -0.3 is 9.97 Å². The lowest BCUT2D eigenvalue weighted by molar-refractivity contribution is 0.490. The number of aromatic nitrogens is 7. The molecule has 0 aliphatic rings. The van der Waals surface area contributed by atoms with E-state index in [2.05, 4.69) is 246 Å². The first-order chi connectivity index (χ1) is 31.4. The van der Waals surface area contributed by atoms with Crippen LogP contribution in [0.25, 0.3) is 0 Å². The van der Waals surface area contributed by atoms with Crippen LogP contribution in [-0.4, -0.2) is 35.1 Å². The van der Waals surface area contributed by atoms with E-state index < -0.39 is 0 Å². The summed E-state index contributed by atoms with van der Waals surface area (Å²) in [6, 6.07) is 12.2. The molecule has 5 heterocycles. The zero-order valence-electron chi connectivity index (χ0n) is 50.8. The molecule has 0 fully saturated rings. The summed E-state index contributed by atoms with van der Waals surface area (Å²) in [4.78, 5) is 30.5. The Kier molecular flexibility index (Phi) is 21.0. The van der Waals surface area contributed by atoms with Crippen LogP contribution in [0.1, 0.15) is 264 Å². The normalized spacial score (nSPS) is 13.1. The highest BCUT2D eigenvalue weighted by atomic mass is 19.1. The lowest BCUT2D eigenvalue weighted by atomic mass is 9.82. The first-order valence-corrected chi connectivity index (χ1v) is 25.6. The zero-order chi connectivity index (χ0) is 55.9. The molecule has 0 spiro atoms. The van der Waals surface area contributed by atoms with E-state index in [0.29, 0.717) is 5.56 Å². The van der Waals surface area contributed by atoms with Crippen molar-refractivity contribution in [2.24, 2.45) is 0 Å². The Morgan fingerprint density at radius 1 is 0.380 bits per heavy atom.